The van der Waals surface area contributed by atoms with Gasteiger partial charge in [0.05, 0.1) is 34.4 Å². The topological polar surface area (TPSA) is 127 Å². The molecule has 3 aromatic heterocycles. The minimum atomic E-state index is -0.290. The van der Waals surface area contributed by atoms with Crippen molar-refractivity contribution in [1.82, 2.24) is 15.1 Å². The number of primary amides is 1. The van der Waals surface area contributed by atoms with Crippen LogP contribution in [0, 0.1) is 5.92 Å². The van der Waals surface area contributed by atoms with E-state index in [2.05, 4.69) is 20.4 Å². The normalized spacial score (nSPS) is 16.8. The number of pyridine rings is 2. The number of hydrogen-bond donors (Lipinski definition) is 2. The first kappa shape index (κ1) is 19.8. The van der Waals surface area contributed by atoms with Gasteiger partial charge in [-0.3, -0.25) is 9.59 Å². The number of nitrogens with two attached hydrogens (primary N) is 1. The van der Waals surface area contributed by atoms with Crippen molar-refractivity contribution in [2.45, 2.75) is 32.6 Å². The van der Waals surface area contributed by atoms with Crippen molar-refractivity contribution in [3.05, 3.63) is 41.9 Å². The smallest absolute Gasteiger partial charge is 0.257 e. The van der Waals surface area contributed by atoms with Gasteiger partial charge in [-0.2, -0.15) is 0 Å². The van der Waals surface area contributed by atoms with E-state index in [0.29, 0.717) is 23.5 Å². The second-order valence-corrected chi connectivity index (χ2v) is 7.85. The Balaban J connectivity index is 1.47. The Morgan fingerprint density at radius 2 is 2.10 bits per heavy atom. The standard InChI is InChI=1S/C21H24N6O3/c1-12(2)18-16-8-14(9-24-21(16)30-26-18)20(29)25-15-5-6-17(23-10-15)27-7-3-4-13(11-27)19(22)28/h5-6,8-10,12-13H,3-4,7,11H2,1-2H3,(H2,22,28)(H,25,29). The molecule has 1 unspecified atom stereocenters. The van der Waals surface area contributed by atoms with E-state index in [-0.39, 0.29) is 23.7 Å². The lowest BCUT2D eigenvalue weighted by atomic mass is 9.97. The van der Waals surface area contributed by atoms with Gasteiger partial charge in [0.1, 0.15) is 5.82 Å². The van der Waals surface area contributed by atoms with Crippen LogP contribution in [-0.4, -0.2) is 40.0 Å². The zero-order chi connectivity index (χ0) is 21.3. The highest BCUT2D eigenvalue weighted by Crippen LogP contribution is 2.25. The summed E-state index contributed by atoms with van der Waals surface area (Å²) in [6, 6.07) is 5.36. The molecule has 1 aliphatic heterocycles. The van der Waals surface area contributed by atoms with Crippen LogP contribution in [0.15, 0.2) is 35.1 Å². The van der Waals surface area contributed by atoms with Gasteiger partial charge < -0.3 is 20.5 Å². The van der Waals surface area contributed by atoms with Gasteiger partial charge in [-0.25, -0.2) is 9.97 Å². The van der Waals surface area contributed by atoms with Crippen LogP contribution in [0.5, 0.6) is 0 Å². The molecule has 0 aliphatic carbocycles. The maximum Gasteiger partial charge on any atom is 0.257 e. The van der Waals surface area contributed by atoms with Gasteiger partial charge in [-0.1, -0.05) is 19.0 Å². The highest BCUT2D eigenvalue weighted by atomic mass is 16.5. The predicted molar refractivity (Wildman–Crippen MR) is 112 cm³/mol. The third-order valence-electron chi connectivity index (χ3n) is 5.32. The monoisotopic (exact) mass is 408 g/mol. The van der Waals surface area contributed by atoms with Gasteiger partial charge in [-0.15, -0.1) is 0 Å². The van der Waals surface area contributed by atoms with Crippen LogP contribution >= 0.6 is 0 Å². The molecule has 30 heavy (non-hydrogen) atoms. The predicted octanol–water partition coefficient (Wildman–Crippen LogP) is 2.70. The minimum absolute atomic E-state index is 0.157. The highest BCUT2D eigenvalue weighted by molar-refractivity contribution is 6.05. The molecule has 1 saturated heterocycles. The van der Waals surface area contributed by atoms with Crippen molar-refractivity contribution >= 4 is 34.4 Å². The largest absolute Gasteiger partial charge is 0.369 e. The Morgan fingerprint density at radius 3 is 2.80 bits per heavy atom. The van der Waals surface area contributed by atoms with Crippen molar-refractivity contribution < 1.29 is 14.1 Å². The molecule has 0 saturated carbocycles. The maximum atomic E-state index is 12.7. The summed E-state index contributed by atoms with van der Waals surface area (Å²) in [6.45, 7) is 5.40. The van der Waals surface area contributed by atoms with E-state index in [1.54, 1.807) is 18.3 Å². The van der Waals surface area contributed by atoms with Gasteiger partial charge >= 0.3 is 0 Å². The molecule has 1 atom stereocenters. The van der Waals surface area contributed by atoms with Gasteiger partial charge in [-0.05, 0) is 37.0 Å². The fourth-order valence-electron chi connectivity index (χ4n) is 3.66. The third-order valence-corrected chi connectivity index (χ3v) is 5.32. The molecule has 0 bridgehead atoms. The van der Waals surface area contributed by atoms with E-state index in [0.717, 1.165) is 36.3 Å². The van der Waals surface area contributed by atoms with E-state index in [9.17, 15) is 9.59 Å². The lowest BCUT2D eigenvalue weighted by molar-refractivity contribution is -0.122. The second kappa shape index (κ2) is 8.10. The van der Waals surface area contributed by atoms with E-state index in [1.807, 2.05) is 24.8 Å². The number of nitrogens with zero attached hydrogens (tertiary/aromatic N) is 4. The van der Waals surface area contributed by atoms with Gasteiger partial charge in [0, 0.05) is 19.3 Å². The Labute approximate surface area is 173 Å². The molecular formula is C21H24N6O3. The molecular weight excluding hydrogens is 384 g/mol. The summed E-state index contributed by atoms with van der Waals surface area (Å²) in [6.07, 6.45) is 4.77. The van der Waals surface area contributed by atoms with E-state index in [4.69, 9.17) is 10.3 Å². The molecule has 3 N–H and O–H groups in total. The zero-order valence-corrected chi connectivity index (χ0v) is 17.0. The Hall–Kier alpha value is -3.49. The van der Waals surface area contributed by atoms with Crippen LogP contribution in [0.4, 0.5) is 11.5 Å². The Bertz CT molecular complexity index is 1080. The molecule has 1 fully saturated rings. The number of carbonyl (C=O) groups is 2. The van der Waals surface area contributed by atoms with Gasteiger partial charge in [0.25, 0.3) is 11.6 Å². The van der Waals surface area contributed by atoms with Crippen molar-refractivity contribution in [3.8, 4) is 0 Å². The second-order valence-electron chi connectivity index (χ2n) is 7.85. The summed E-state index contributed by atoms with van der Waals surface area (Å²) in [7, 11) is 0. The lowest BCUT2D eigenvalue weighted by Crippen LogP contribution is -2.41. The van der Waals surface area contributed by atoms with Crippen LogP contribution in [0.25, 0.3) is 11.1 Å². The molecule has 156 valence electrons. The van der Waals surface area contributed by atoms with Crippen LogP contribution in [-0.2, 0) is 4.79 Å². The number of rotatable bonds is 5. The minimum Gasteiger partial charge on any atom is -0.369 e. The van der Waals surface area contributed by atoms with E-state index >= 15 is 0 Å². The van der Waals surface area contributed by atoms with Crippen molar-refractivity contribution in [2.24, 2.45) is 11.7 Å². The number of piperidine rings is 1. The van der Waals surface area contributed by atoms with Crippen molar-refractivity contribution in [3.63, 3.8) is 0 Å². The van der Waals surface area contributed by atoms with E-state index < -0.39 is 0 Å². The SMILES string of the molecule is CC(C)c1noc2ncc(C(=O)Nc3ccc(N4CCCC(C(N)=O)C4)nc3)cc12. The van der Waals surface area contributed by atoms with Gasteiger partial charge in [0.2, 0.25) is 5.91 Å². The zero-order valence-electron chi connectivity index (χ0n) is 17.0. The van der Waals surface area contributed by atoms with E-state index in [1.165, 1.54) is 6.20 Å². The number of nitrogens with one attached hydrogen (secondary N) is 1. The Morgan fingerprint density at radius 1 is 1.27 bits per heavy atom. The summed E-state index contributed by atoms with van der Waals surface area (Å²) < 4.78 is 5.22. The fourth-order valence-corrected chi connectivity index (χ4v) is 3.66. The summed E-state index contributed by atoms with van der Waals surface area (Å²) in [4.78, 5) is 34.8. The molecule has 2 amide bonds. The number of hydrogen-bond acceptors (Lipinski definition) is 7. The molecule has 0 radical (unpaired) electrons. The van der Waals surface area contributed by atoms with Gasteiger partial charge in [0.15, 0.2) is 0 Å². The molecule has 4 rings (SSSR count). The van der Waals surface area contributed by atoms with Crippen molar-refractivity contribution in [1.29, 1.82) is 0 Å². The quantitative estimate of drug-likeness (QED) is 0.664. The molecule has 1 aliphatic rings. The first-order valence-electron chi connectivity index (χ1n) is 9.99. The fraction of sp³-hybridized carbons (Fsp3) is 0.381. The third kappa shape index (κ3) is 3.96. The van der Waals surface area contributed by atoms with Crippen LogP contribution in [0.1, 0.15) is 48.7 Å². The molecule has 0 aromatic carbocycles. The molecule has 9 heteroatoms. The summed E-state index contributed by atoms with van der Waals surface area (Å²) >= 11 is 0. The van der Waals surface area contributed by atoms with Crippen molar-refractivity contribution in [2.75, 3.05) is 23.3 Å². The first-order chi connectivity index (χ1) is 14.4. The number of amides is 2. The molecule has 9 nitrogen and oxygen atoms in total. The molecule has 4 heterocycles. The lowest BCUT2D eigenvalue weighted by Gasteiger charge is -2.32. The van der Waals surface area contributed by atoms with Crippen LogP contribution < -0.4 is 16.0 Å². The number of anilines is 2. The molecule has 0 spiro atoms. The Kier molecular flexibility index (Phi) is 5.35. The number of carbonyl (C=O) groups excluding carboxylic acids is 2. The molecule has 3 aromatic rings. The maximum absolute atomic E-state index is 12.7. The van der Waals surface area contributed by atoms with Crippen LogP contribution in [0.3, 0.4) is 0 Å². The summed E-state index contributed by atoms with van der Waals surface area (Å²) in [5.41, 5.74) is 7.62. The summed E-state index contributed by atoms with van der Waals surface area (Å²) in [5, 5.41) is 7.61. The van der Waals surface area contributed by atoms with Crippen LogP contribution in [0.2, 0.25) is 0 Å². The summed E-state index contributed by atoms with van der Waals surface area (Å²) in [5.74, 6) is 0.194. The number of aromatic nitrogens is 3. The highest BCUT2D eigenvalue weighted by Gasteiger charge is 2.24. The number of fused-ring (bicyclic) bond motifs is 1. The average Bonchev–Trinajstić information content (AvgIpc) is 3.18. The first-order valence-corrected chi connectivity index (χ1v) is 9.99. The average molecular weight is 408 g/mol.